The fourth-order valence-electron chi connectivity index (χ4n) is 1.61. The molecule has 7 heteroatoms. The Balaban J connectivity index is 2.66. The average Bonchev–Trinajstić information content (AvgIpc) is 2.50. The van der Waals surface area contributed by atoms with E-state index >= 15 is 0 Å². The van der Waals surface area contributed by atoms with Crippen LogP contribution in [0.1, 0.15) is 23.2 Å². The van der Waals surface area contributed by atoms with E-state index in [-0.39, 0.29) is 12.8 Å². The van der Waals surface area contributed by atoms with Crippen molar-refractivity contribution in [3.8, 4) is 0 Å². The van der Waals surface area contributed by atoms with Crippen LogP contribution in [0.2, 0.25) is 0 Å². The number of hydrogen-bond acceptors (Lipinski definition) is 5. The van der Waals surface area contributed by atoms with Crippen LogP contribution in [0, 0.1) is 0 Å². The molecule has 0 saturated carbocycles. The fraction of sp³-hybridized carbons (Fsp3) is 0.357. The molecule has 0 radical (unpaired) electrons. The summed E-state index contributed by atoms with van der Waals surface area (Å²) >= 11 is 1.54. The number of aliphatic carboxylic acids is 1. The summed E-state index contributed by atoms with van der Waals surface area (Å²) in [5.41, 5.74) is 0.372. The van der Waals surface area contributed by atoms with E-state index in [1.165, 1.54) is 7.11 Å². The topological polar surface area (TPSA) is 92.7 Å². The molecular formula is C14H17NO5S. The molecule has 1 aromatic carbocycles. The zero-order valence-corrected chi connectivity index (χ0v) is 12.6. The van der Waals surface area contributed by atoms with Gasteiger partial charge in [-0.05, 0) is 36.9 Å². The van der Waals surface area contributed by atoms with E-state index in [1.807, 2.05) is 6.26 Å². The van der Waals surface area contributed by atoms with Crippen molar-refractivity contribution in [1.29, 1.82) is 0 Å². The number of esters is 1. The van der Waals surface area contributed by atoms with Gasteiger partial charge in [0.05, 0.1) is 7.11 Å². The van der Waals surface area contributed by atoms with Gasteiger partial charge >= 0.3 is 11.9 Å². The highest BCUT2D eigenvalue weighted by atomic mass is 32.2. The molecule has 1 rings (SSSR count). The number of ether oxygens (including phenoxy) is 1. The van der Waals surface area contributed by atoms with Gasteiger partial charge in [-0.15, -0.1) is 11.8 Å². The van der Waals surface area contributed by atoms with E-state index in [2.05, 4.69) is 10.1 Å². The lowest BCUT2D eigenvalue weighted by Gasteiger charge is -2.14. The third-order valence-electron chi connectivity index (χ3n) is 2.82. The normalized spacial score (nSPS) is 11.5. The van der Waals surface area contributed by atoms with Gasteiger partial charge in [-0.1, -0.05) is 0 Å². The summed E-state index contributed by atoms with van der Waals surface area (Å²) in [4.78, 5) is 35.1. The van der Waals surface area contributed by atoms with Crippen molar-refractivity contribution in [3.05, 3.63) is 29.8 Å². The lowest BCUT2D eigenvalue weighted by Crippen LogP contribution is -2.41. The van der Waals surface area contributed by atoms with Crippen LogP contribution in [0.15, 0.2) is 29.2 Å². The molecule has 0 bridgehead atoms. The minimum absolute atomic E-state index is 0.0172. The van der Waals surface area contributed by atoms with Gasteiger partial charge in [0, 0.05) is 16.9 Å². The minimum Gasteiger partial charge on any atom is -0.480 e. The van der Waals surface area contributed by atoms with E-state index in [4.69, 9.17) is 5.11 Å². The van der Waals surface area contributed by atoms with Crippen molar-refractivity contribution < 1.29 is 24.2 Å². The molecule has 0 heterocycles. The number of benzene rings is 1. The third-order valence-corrected chi connectivity index (χ3v) is 3.56. The third kappa shape index (κ3) is 5.47. The Labute approximate surface area is 126 Å². The van der Waals surface area contributed by atoms with E-state index in [1.54, 1.807) is 36.0 Å². The van der Waals surface area contributed by atoms with Crippen molar-refractivity contribution in [3.63, 3.8) is 0 Å². The number of carboxylic acid groups (broad SMARTS) is 1. The quantitative estimate of drug-likeness (QED) is 0.586. The second kappa shape index (κ2) is 8.31. The molecule has 6 nitrogen and oxygen atoms in total. The molecular weight excluding hydrogens is 294 g/mol. The van der Waals surface area contributed by atoms with Crippen LogP contribution in [-0.2, 0) is 14.3 Å². The maximum absolute atomic E-state index is 12.0. The van der Waals surface area contributed by atoms with Gasteiger partial charge in [0.15, 0.2) is 0 Å². The highest BCUT2D eigenvalue weighted by Crippen LogP contribution is 2.15. The summed E-state index contributed by atoms with van der Waals surface area (Å²) in [5.74, 6) is -2.19. The first-order chi connectivity index (χ1) is 9.97. The molecule has 114 valence electrons. The zero-order valence-electron chi connectivity index (χ0n) is 11.8. The maximum Gasteiger partial charge on any atom is 0.326 e. The number of nitrogens with one attached hydrogen (secondary N) is 1. The number of carboxylic acids is 1. The molecule has 0 aromatic heterocycles. The number of amides is 1. The van der Waals surface area contributed by atoms with Gasteiger partial charge < -0.3 is 15.2 Å². The van der Waals surface area contributed by atoms with E-state index in [9.17, 15) is 14.4 Å². The van der Waals surface area contributed by atoms with Crippen LogP contribution in [0.5, 0.6) is 0 Å². The number of thioether (sulfide) groups is 1. The molecule has 0 fully saturated rings. The van der Waals surface area contributed by atoms with Crippen molar-refractivity contribution >= 4 is 29.6 Å². The molecule has 0 aliphatic carbocycles. The first kappa shape index (κ1) is 17.0. The molecule has 21 heavy (non-hydrogen) atoms. The molecule has 0 unspecified atom stereocenters. The van der Waals surface area contributed by atoms with Gasteiger partial charge in [0.25, 0.3) is 5.91 Å². The highest BCUT2D eigenvalue weighted by Gasteiger charge is 2.21. The van der Waals surface area contributed by atoms with Crippen LogP contribution in [0.4, 0.5) is 0 Å². The second-order valence-electron chi connectivity index (χ2n) is 4.21. The van der Waals surface area contributed by atoms with Crippen molar-refractivity contribution in [2.45, 2.75) is 23.8 Å². The summed E-state index contributed by atoms with van der Waals surface area (Å²) in [6.45, 7) is 0. The molecule has 1 atom stereocenters. The standard InChI is InChI=1S/C14H17NO5S/c1-20-12(16)8-7-11(14(18)19)15-13(17)9-3-5-10(21-2)6-4-9/h3-6,11H,7-8H2,1-2H3,(H,15,17)(H,18,19)/t11-/m1/s1. The fourth-order valence-corrected chi connectivity index (χ4v) is 2.01. The SMILES string of the molecule is COC(=O)CC[C@@H](NC(=O)c1ccc(SC)cc1)C(=O)O. The van der Waals surface area contributed by atoms with Gasteiger partial charge in [0.2, 0.25) is 0 Å². The van der Waals surface area contributed by atoms with Gasteiger partial charge in [-0.3, -0.25) is 9.59 Å². The summed E-state index contributed by atoms with van der Waals surface area (Å²) in [7, 11) is 1.23. The Morgan fingerprint density at radius 1 is 1.29 bits per heavy atom. The van der Waals surface area contributed by atoms with Crippen molar-refractivity contribution in [2.75, 3.05) is 13.4 Å². The Hall–Kier alpha value is -2.02. The zero-order chi connectivity index (χ0) is 15.8. The number of methoxy groups -OCH3 is 1. The van der Waals surface area contributed by atoms with Crippen LogP contribution >= 0.6 is 11.8 Å². The first-order valence-electron chi connectivity index (χ1n) is 6.22. The molecule has 0 aliphatic heterocycles. The van der Waals surface area contributed by atoms with Gasteiger partial charge in [0.1, 0.15) is 6.04 Å². The summed E-state index contributed by atoms with van der Waals surface area (Å²) in [5, 5.41) is 11.5. The number of hydrogen-bond donors (Lipinski definition) is 2. The van der Waals surface area contributed by atoms with E-state index in [0.717, 1.165) is 4.90 Å². The van der Waals surface area contributed by atoms with Gasteiger partial charge in [-0.25, -0.2) is 4.79 Å². The lowest BCUT2D eigenvalue weighted by atomic mass is 10.1. The average molecular weight is 311 g/mol. The molecule has 2 N–H and O–H groups in total. The van der Waals surface area contributed by atoms with Crippen LogP contribution in [0.25, 0.3) is 0 Å². The van der Waals surface area contributed by atoms with Crippen LogP contribution in [0.3, 0.4) is 0 Å². The number of carbonyl (C=O) groups excluding carboxylic acids is 2. The molecule has 1 amide bonds. The first-order valence-corrected chi connectivity index (χ1v) is 7.45. The van der Waals surface area contributed by atoms with E-state index in [0.29, 0.717) is 5.56 Å². The van der Waals surface area contributed by atoms with E-state index < -0.39 is 23.9 Å². The Bertz CT molecular complexity index is 515. The van der Waals surface area contributed by atoms with Crippen molar-refractivity contribution in [1.82, 2.24) is 5.32 Å². The summed E-state index contributed by atoms with van der Waals surface area (Å²) in [6, 6.07) is 5.69. The minimum atomic E-state index is -1.19. The van der Waals surface area contributed by atoms with Crippen molar-refractivity contribution in [2.24, 2.45) is 0 Å². The number of rotatable bonds is 7. The molecule has 1 aromatic rings. The highest BCUT2D eigenvalue weighted by molar-refractivity contribution is 7.98. The lowest BCUT2D eigenvalue weighted by molar-refractivity contribution is -0.142. The van der Waals surface area contributed by atoms with Crippen LogP contribution < -0.4 is 5.32 Å². The molecule has 0 saturated heterocycles. The Kier molecular flexibility index (Phi) is 6.74. The largest absolute Gasteiger partial charge is 0.480 e. The summed E-state index contributed by atoms with van der Waals surface area (Å²) in [6.07, 6.45) is 1.83. The predicted molar refractivity (Wildman–Crippen MR) is 78.4 cm³/mol. The summed E-state index contributed by atoms with van der Waals surface area (Å²) < 4.78 is 4.45. The number of carbonyl (C=O) groups is 3. The maximum atomic E-state index is 12.0. The Morgan fingerprint density at radius 2 is 1.90 bits per heavy atom. The molecule has 0 aliphatic rings. The second-order valence-corrected chi connectivity index (χ2v) is 5.09. The van der Waals surface area contributed by atoms with Crippen LogP contribution in [-0.4, -0.2) is 42.4 Å². The molecule has 0 spiro atoms. The van der Waals surface area contributed by atoms with Gasteiger partial charge in [-0.2, -0.15) is 0 Å². The monoisotopic (exact) mass is 311 g/mol. The smallest absolute Gasteiger partial charge is 0.326 e. The Morgan fingerprint density at radius 3 is 2.38 bits per heavy atom. The predicted octanol–water partition coefficient (Wildman–Crippen LogP) is 1.54.